The van der Waals surface area contributed by atoms with E-state index in [9.17, 15) is 0 Å². The first-order valence-corrected chi connectivity index (χ1v) is 9.73. The molecule has 2 N–H and O–H groups in total. The molecule has 0 amide bonds. The number of guanidine groups is 1. The van der Waals surface area contributed by atoms with Crippen molar-refractivity contribution in [2.24, 2.45) is 4.99 Å². The van der Waals surface area contributed by atoms with Crippen LogP contribution in [0.3, 0.4) is 0 Å². The van der Waals surface area contributed by atoms with Crippen LogP contribution in [0.4, 0.5) is 0 Å². The molecule has 1 aromatic rings. The highest BCUT2D eigenvalue weighted by atomic mass is 127. The van der Waals surface area contributed by atoms with Gasteiger partial charge in [0.1, 0.15) is 13.2 Å². The molecule has 2 aliphatic heterocycles. The Morgan fingerprint density at radius 1 is 1.14 bits per heavy atom. The van der Waals surface area contributed by atoms with Crippen molar-refractivity contribution in [1.82, 2.24) is 15.5 Å². The summed E-state index contributed by atoms with van der Waals surface area (Å²) in [4.78, 5) is 6.77. The quantitative estimate of drug-likeness (QED) is 0.351. The van der Waals surface area contributed by atoms with Crippen LogP contribution >= 0.6 is 35.6 Å². The standard InChI is InChI=1S/C19H29ClN4O3.HI/c1-19(2,24-4-6-25-7-5-24)13-23-18(21-3)22-12-14-10-15(20)17-16(11-14)26-8-9-27-17;/h10-11H,4-9,12-13H2,1-3H3,(H2,21,22,23);1H. The number of nitrogens with zero attached hydrogens (tertiary/aromatic N) is 2. The molecule has 0 unspecified atom stereocenters. The molecule has 1 aromatic carbocycles. The van der Waals surface area contributed by atoms with Gasteiger partial charge in [-0.3, -0.25) is 9.89 Å². The van der Waals surface area contributed by atoms with E-state index >= 15 is 0 Å². The lowest BCUT2D eigenvalue weighted by Gasteiger charge is -2.41. The SMILES string of the molecule is CN=C(NCc1cc(Cl)c2c(c1)OCCO2)NCC(C)(C)N1CCOCC1.I. The molecule has 7 nitrogen and oxygen atoms in total. The Kier molecular flexibility index (Phi) is 8.91. The minimum absolute atomic E-state index is 0. The van der Waals surface area contributed by atoms with Gasteiger partial charge in [0, 0.05) is 38.8 Å². The second-order valence-electron chi connectivity index (χ2n) is 7.29. The van der Waals surface area contributed by atoms with Crippen LogP contribution in [0.1, 0.15) is 19.4 Å². The molecule has 0 saturated carbocycles. The summed E-state index contributed by atoms with van der Waals surface area (Å²) in [5.41, 5.74) is 1.03. The topological polar surface area (TPSA) is 67.4 Å². The van der Waals surface area contributed by atoms with E-state index in [1.807, 2.05) is 12.1 Å². The lowest BCUT2D eigenvalue weighted by molar-refractivity contribution is -0.00834. The second-order valence-corrected chi connectivity index (χ2v) is 7.70. The molecule has 0 radical (unpaired) electrons. The van der Waals surface area contributed by atoms with Crippen molar-refractivity contribution in [2.45, 2.75) is 25.9 Å². The average molecular weight is 525 g/mol. The Balaban J connectivity index is 0.00000280. The Hall–Kier alpha value is -0.970. The fourth-order valence-electron chi connectivity index (χ4n) is 3.25. The molecule has 0 aromatic heterocycles. The Bertz CT molecular complexity index is 681. The van der Waals surface area contributed by atoms with Crippen molar-refractivity contribution in [2.75, 3.05) is 53.1 Å². The normalized spacial score (nSPS) is 17.6. The average Bonchev–Trinajstić information content (AvgIpc) is 2.69. The van der Waals surface area contributed by atoms with Gasteiger partial charge in [-0.05, 0) is 31.5 Å². The summed E-state index contributed by atoms with van der Waals surface area (Å²) >= 11 is 6.31. The van der Waals surface area contributed by atoms with Crippen LogP contribution in [0.25, 0.3) is 0 Å². The molecule has 0 bridgehead atoms. The molecule has 0 atom stereocenters. The largest absolute Gasteiger partial charge is 0.486 e. The molecule has 1 saturated heterocycles. The first-order valence-electron chi connectivity index (χ1n) is 9.35. The molecule has 0 aliphatic carbocycles. The third-order valence-corrected chi connectivity index (χ3v) is 5.18. The fourth-order valence-corrected chi connectivity index (χ4v) is 3.54. The van der Waals surface area contributed by atoms with E-state index in [2.05, 4.69) is 34.4 Å². The van der Waals surface area contributed by atoms with E-state index in [1.54, 1.807) is 7.05 Å². The summed E-state index contributed by atoms with van der Waals surface area (Å²) in [5.74, 6) is 2.07. The van der Waals surface area contributed by atoms with Crippen molar-refractivity contribution >= 4 is 41.5 Å². The summed E-state index contributed by atoms with van der Waals surface area (Å²) in [7, 11) is 1.77. The van der Waals surface area contributed by atoms with Gasteiger partial charge in [-0.2, -0.15) is 0 Å². The maximum Gasteiger partial charge on any atom is 0.191 e. The molecule has 2 aliphatic rings. The van der Waals surface area contributed by atoms with Crippen LogP contribution in [0.2, 0.25) is 5.02 Å². The molecule has 9 heteroatoms. The third-order valence-electron chi connectivity index (χ3n) is 4.90. The zero-order chi connectivity index (χ0) is 19.3. The molecule has 28 heavy (non-hydrogen) atoms. The van der Waals surface area contributed by atoms with Crippen LogP contribution in [0, 0.1) is 0 Å². The predicted octanol–water partition coefficient (Wildman–Crippen LogP) is 2.51. The maximum atomic E-state index is 6.31. The van der Waals surface area contributed by atoms with Crippen molar-refractivity contribution in [3.05, 3.63) is 22.7 Å². The summed E-state index contributed by atoms with van der Waals surface area (Å²) in [6, 6.07) is 3.85. The summed E-state index contributed by atoms with van der Waals surface area (Å²) in [6.45, 7) is 10.4. The number of morpholine rings is 1. The summed E-state index contributed by atoms with van der Waals surface area (Å²) in [6.07, 6.45) is 0. The van der Waals surface area contributed by atoms with Crippen LogP contribution in [0.5, 0.6) is 11.5 Å². The maximum absolute atomic E-state index is 6.31. The van der Waals surface area contributed by atoms with Crippen molar-refractivity contribution < 1.29 is 14.2 Å². The Morgan fingerprint density at radius 2 is 1.86 bits per heavy atom. The van der Waals surface area contributed by atoms with Crippen LogP contribution in [-0.2, 0) is 11.3 Å². The lowest BCUT2D eigenvalue weighted by atomic mass is 10.0. The number of fused-ring (bicyclic) bond motifs is 1. The van der Waals surface area contributed by atoms with E-state index in [-0.39, 0.29) is 29.5 Å². The number of ether oxygens (including phenoxy) is 3. The lowest BCUT2D eigenvalue weighted by Crippen LogP contribution is -2.56. The van der Waals surface area contributed by atoms with Crippen LogP contribution < -0.4 is 20.1 Å². The molecule has 2 heterocycles. The molecule has 0 spiro atoms. The number of halogens is 2. The number of hydrogen-bond acceptors (Lipinski definition) is 5. The molecule has 3 rings (SSSR count). The summed E-state index contributed by atoms with van der Waals surface area (Å²) in [5, 5.41) is 7.33. The second kappa shape index (κ2) is 10.7. The van der Waals surface area contributed by atoms with Crippen molar-refractivity contribution in [1.29, 1.82) is 0 Å². The highest BCUT2D eigenvalue weighted by Gasteiger charge is 2.28. The van der Waals surface area contributed by atoms with Gasteiger partial charge in [0.2, 0.25) is 0 Å². The molecule has 1 fully saturated rings. The van der Waals surface area contributed by atoms with Gasteiger partial charge in [0.25, 0.3) is 0 Å². The number of hydrogen-bond donors (Lipinski definition) is 2. The van der Waals surface area contributed by atoms with Crippen LogP contribution in [-0.4, -0.2) is 69.5 Å². The van der Waals surface area contributed by atoms with E-state index in [0.717, 1.165) is 44.4 Å². The minimum atomic E-state index is 0. The van der Waals surface area contributed by atoms with Crippen molar-refractivity contribution in [3.63, 3.8) is 0 Å². The molecular formula is C19H30ClIN4O3. The van der Waals surface area contributed by atoms with E-state index in [1.165, 1.54) is 0 Å². The van der Waals surface area contributed by atoms with Gasteiger partial charge in [-0.25, -0.2) is 0 Å². The number of benzene rings is 1. The Morgan fingerprint density at radius 3 is 2.57 bits per heavy atom. The minimum Gasteiger partial charge on any atom is -0.486 e. The monoisotopic (exact) mass is 524 g/mol. The van der Waals surface area contributed by atoms with Gasteiger partial charge < -0.3 is 24.8 Å². The van der Waals surface area contributed by atoms with E-state index < -0.39 is 0 Å². The van der Waals surface area contributed by atoms with Crippen molar-refractivity contribution in [3.8, 4) is 11.5 Å². The van der Waals surface area contributed by atoms with E-state index in [0.29, 0.717) is 36.3 Å². The Labute approximate surface area is 189 Å². The number of aliphatic imine (C=N–C) groups is 1. The first kappa shape index (κ1) is 23.3. The first-order chi connectivity index (χ1) is 13.0. The highest BCUT2D eigenvalue weighted by Crippen LogP contribution is 2.38. The van der Waals surface area contributed by atoms with Crippen LogP contribution in [0.15, 0.2) is 17.1 Å². The van der Waals surface area contributed by atoms with Gasteiger partial charge >= 0.3 is 0 Å². The fraction of sp³-hybridized carbons (Fsp3) is 0.632. The van der Waals surface area contributed by atoms with Gasteiger partial charge in [0.15, 0.2) is 17.5 Å². The van der Waals surface area contributed by atoms with E-state index in [4.69, 9.17) is 25.8 Å². The highest BCUT2D eigenvalue weighted by molar-refractivity contribution is 14.0. The van der Waals surface area contributed by atoms with Gasteiger partial charge in [0.05, 0.1) is 18.2 Å². The summed E-state index contributed by atoms with van der Waals surface area (Å²) < 4.78 is 16.7. The molecular weight excluding hydrogens is 495 g/mol. The number of rotatable bonds is 5. The zero-order valence-corrected chi connectivity index (χ0v) is 19.8. The number of nitrogens with one attached hydrogen (secondary N) is 2. The van der Waals surface area contributed by atoms with Gasteiger partial charge in [-0.15, -0.1) is 24.0 Å². The smallest absolute Gasteiger partial charge is 0.191 e. The molecule has 158 valence electrons. The van der Waals surface area contributed by atoms with Gasteiger partial charge in [-0.1, -0.05) is 11.6 Å². The predicted molar refractivity (Wildman–Crippen MR) is 123 cm³/mol. The zero-order valence-electron chi connectivity index (χ0n) is 16.7. The third kappa shape index (κ3) is 6.01.